The van der Waals surface area contributed by atoms with Gasteiger partial charge in [0.1, 0.15) is 0 Å². The fraction of sp³-hybridized carbons (Fsp3) is 0.211. The molecule has 0 radical (unpaired) electrons. The SMILES string of the molecule is CCCC/C=C(\C(=O)c1ccccc1)c1ccccc1. The Morgan fingerprint density at radius 3 is 2.00 bits per heavy atom. The minimum Gasteiger partial charge on any atom is -0.289 e. The number of Topliss-reactive ketones (excluding diaryl/α,β-unsaturated/α-hetero) is 1. The van der Waals surface area contributed by atoms with E-state index in [9.17, 15) is 4.79 Å². The Bertz CT molecular complexity index is 567. The molecule has 0 heterocycles. The van der Waals surface area contributed by atoms with E-state index in [1.807, 2.05) is 60.7 Å². The monoisotopic (exact) mass is 264 g/mol. The quantitative estimate of drug-likeness (QED) is 0.401. The molecule has 2 aromatic carbocycles. The second kappa shape index (κ2) is 7.44. The van der Waals surface area contributed by atoms with Gasteiger partial charge < -0.3 is 0 Å². The van der Waals surface area contributed by atoms with Gasteiger partial charge >= 0.3 is 0 Å². The molecule has 0 saturated carbocycles. The van der Waals surface area contributed by atoms with Gasteiger partial charge in [-0.25, -0.2) is 0 Å². The molecule has 0 aliphatic heterocycles. The lowest BCUT2D eigenvalue weighted by molar-refractivity contribution is 0.105. The largest absolute Gasteiger partial charge is 0.289 e. The number of unbranched alkanes of at least 4 members (excludes halogenated alkanes) is 2. The van der Waals surface area contributed by atoms with Crippen LogP contribution in [0, 0.1) is 0 Å². The predicted octanol–water partition coefficient (Wildman–Crippen LogP) is 5.14. The van der Waals surface area contributed by atoms with Crippen LogP contribution in [0.1, 0.15) is 42.1 Å². The summed E-state index contributed by atoms with van der Waals surface area (Å²) in [5.74, 6) is 0.105. The molecule has 102 valence electrons. The molecule has 0 bridgehead atoms. The van der Waals surface area contributed by atoms with E-state index >= 15 is 0 Å². The summed E-state index contributed by atoms with van der Waals surface area (Å²) in [6, 6.07) is 19.4. The zero-order valence-corrected chi connectivity index (χ0v) is 11.9. The normalized spacial score (nSPS) is 11.3. The molecule has 1 heteroatoms. The summed E-state index contributed by atoms with van der Waals surface area (Å²) in [7, 11) is 0. The number of hydrogen-bond acceptors (Lipinski definition) is 1. The minimum atomic E-state index is 0.105. The van der Waals surface area contributed by atoms with Gasteiger partial charge in [0.25, 0.3) is 0 Å². The molecule has 0 saturated heterocycles. The van der Waals surface area contributed by atoms with Crippen molar-refractivity contribution in [3.8, 4) is 0 Å². The van der Waals surface area contributed by atoms with E-state index in [2.05, 4.69) is 13.0 Å². The summed E-state index contributed by atoms with van der Waals surface area (Å²) in [6.07, 6.45) is 5.27. The van der Waals surface area contributed by atoms with Gasteiger partial charge in [0, 0.05) is 11.1 Å². The van der Waals surface area contributed by atoms with E-state index in [0.29, 0.717) is 0 Å². The molecule has 0 amide bonds. The summed E-state index contributed by atoms with van der Waals surface area (Å²) in [6.45, 7) is 2.16. The molecule has 0 aliphatic rings. The number of hydrogen-bond donors (Lipinski definition) is 0. The van der Waals surface area contributed by atoms with Crippen molar-refractivity contribution in [3.63, 3.8) is 0 Å². The van der Waals surface area contributed by atoms with Crippen LogP contribution in [0.4, 0.5) is 0 Å². The number of ketones is 1. The van der Waals surface area contributed by atoms with Crippen LogP contribution in [0.25, 0.3) is 5.57 Å². The average molecular weight is 264 g/mol. The van der Waals surface area contributed by atoms with Crippen LogP contribution in [-0.2, 0) is 0 Å². The van der Waals surface area contributed by atoms with E-state index in [0.717, 1.165) is 36.0 Å². The molecule has 2 aromatic rings. The van der Waals surface area contributed by atoms with Crippen LogP contribution in [0.2, 0.25) is 0 Å². The second-order valence-corrected chi connectivity index (χ2v) is 4.82. The summed E-state index contributed by atoms with van der Waals surface area (Å²) in [5.41, 5.74) is 2.56. The molecule has 0 aliphatic carbocycles. The van der Waals surface area contributed by atoms with Gasteiger partial charge in [-0.05, 0) is 12.0 Å². The summed E-state index contributed by atoms with van der Waals surface area (Å²) >= 11 is 0. The number of carbonyl (C=O) groups excluding carboxylic acids is 1. The Morgan fingerprint density at radius 2 is 1.45 bits per heavy atom. The van der Waals surface area contributed by atoms with Gasteiger partial charge in [-0.2, -0.15) is 0 Å². The van der Waals surface area contributed by atoms with Crippen LogP contribution < -0.4 is 0 Å². The van der Waals surface area contributed by atoms with E-state index in [1.165, 1.54) is 0 Å². The zero-order chi connectivity index (χ0) is 14.2. The lowest BCUT2D eigenvalue weighted by atomic mass is 9.95. The maximum atomic E-state index is 12.7. The molecule has 0 fully saturated rings. The molecule has 2 rings (SSSR count). The first-order valence-corrected chi connectivity index (χ1v) is 7.18. The smallest absolute Gasteiger partial charge is 0.193 e. The number of benzene rings is 2. The van der Waals surface area contributed by atoms with Crippen molar-refractivity contribution in [2.45, 2.75) is 26.2 Å². The van der Waals surface area contributed by atoms with E-state index < -0.39 is 0 Å². The Hall–Kier alpha value is -2.15. The molecule has 0 aromatic heterocycles. The zero-order valence-electron chi connectivity index (χ0n) is 11.9. The lowest BCUT2D eigenvalue weighted by Gasteiger charge is -2.07. The molecule has 0 spiro atoms. The highest BCUT2D eigenvalue weighted by Crippen LogP contribution is 2.21. The fourth-order valence-electron chi connectivity index (χ4n) is 2.15. The minimum absolute atomic E-state index is 0.105. The van der Waals surface area contributed by atoms with Crippen LogP contribution in [0.5, 0.6) is 0 Å². The molecule has 1 nitrogen and oxygen atoms in total. The first-order valence-electron chi connectivity index (χ1n) is 7.18. The van der Waals surface area contributed by atoms with Crippen LogP contribution in [0.3, 0.4) is 0 Å². The number of rotatable bonds is 6. The maximum absolute atomic E-state index is 12.7. The standard InChI is InChI=1S/C19H20O/c1-2-3-6-15-18(16-11-7-4-8-12-16)19(20)17-13-9-5-10-14-17/h4-5,7-15H,2-3,6H2,1H3/b18-15-. The number of allylic oxidation sites excluding steroid dienone is 2. The highest BCUT2D eigenvalue weighted by molar-refractivity contribution is 6.28. The highest BCUT2D eigenvalue weighted by Gasteiger charge is 2.13. The van der Waals surface area contributed by atoms with Crippen LogP contribution >= 0.6 is 0 Å². The Morgan fingerprint density at radius 1 is 0.900 bits per heavy atom. The first kappa shape index (κ1) is 14.3. The third-order valence-electron chi connectivity index (χ3n) is 3.27. The van der Waals surface area contributed by atoms with Crippen LogP contribution in [-0.4, -0.2) is 5.78 Å². The average Bonchev–Trinajstić information content (AvgIpc) is 2.53. The van der Waals surface area contributed by atoms with E-state index in [1.54, 1.807) is 0 Å². The Balaban J connectivity index is 2.32. The van der Waals surface area contributed by atoms with Gasteiger partial charge in [-0.1, -0.05) is 86.5 Å². The topological polar surface area (TPSA) is 17.1 Å². The highest BCUT2D eigenvalue weighted by atomic mass is 16.1. The van der Waals surface area contributed by atoms with Crippen molar-refractivity contribution < 1.29 is 4.79 Å². The van der Waals surface area contributed by atoms with E-state index in [-0.39, 0.29) is 5.78 Å². The van der Waals surface area contributed by atoms with Crippen molar-refractivity contribution in [2.24, 2.45) is 0 Å². The summed E-state index contributed by atoms with van der Waals surface area (Å²) in [5, 5.41) is 0. The Labute approximate surface area is 121 Å². The Kier molecular flexibility index (Phi) is 5.31. The fourth-order valence-corrected chi connectivity index (χ4v) is 2.15. The van der Waals surface area contributed by atoms with Gasteiger partial charge in [0.2, 0.25) is 0 Å². The van der Waals surface area contributed by atoms with Gasteiger partial charge in [0.05, 0.1) is 0 Å². The molecule has 20 heavy (non-hydrogen) atoms. The lowest BCUT2D eigenvalue weighted by Crippen LogP contribution is -2.02. The number of carbonyl (C=O) groups is 1. The first-order chi connectivity index (χ1) is 9.83. The molecule has 0 unspecified atom stereocenters. The predicted molar refractivity (Wildman–Crippen MR) is 84.7 cm³/mol. The van der Waals surface area contributed by atoms with Crippen LogP contribution in [0.15, 0.2) is 66.7 Å². The molecular formula is C19H20O. The third-order valence-corrected chi connectivity index (χ3v) is 3.27. The van der Waals surface area contributed by atoms with Crippen molar-refractivity contribution >= 4 is 11.4 Å². The second-order valence-electron chi connectivity index (χ2n) is 4.82. The summed E-state index contributed by atoms with van der Waals surface area (Å²) < 4.78 is 0. The van der Waals surface area contributed by atoms with Gasteiger partial charge in [-0.3, -0.25) is 4.79 Å². The van der Waals surface area contributed by atoms with Crippen molar-refractivity contribution in [1.82, 2.24) is 0 Å². The molecule has 0 atom stereocenters. The molecular weight excluding hydrogens is 244 g/mol. The van der Waals surface area contributed by atoms with Gasteiger partial charge in [-0.15, -0.1) is 0 Å². The van der Waals surface area contributed by atoms with Crippen molar-refractivity contribution in [2.75, 3.05) is 0 Å². The van der Waals surface area contributed by atoms with E-state index in [4.69, 9.17) is 0 Å². The third kappa shape index (κ3) is 3.67. The molecule has 0 N–H and O–H groups in total. The van der Waals surface area contributed by atoms with Crippen molar-refractivity contribution in [3.05, 3.63) is 77.9 Å². The van der Waals surface area contributed by atoms with Crippen molar-refractivity contribution in [1.29, 1.82) is 0 Å². The van der Waals surface area contributed by atoms with Gasteiger partial charge in [0.15, 0.2) is 5.78 Å². The summed E-state index contributed by atoms with van der Waals surface area (Å²) in [4.78, 5) is 12.7. The maximum Gasteiger partial charge on any atom is 0.193 e.